The Kier molecular flexibility index (Phi) is 4.64. The summed E-state index contributed by atoms with van der Waals surface area (Å²) < 4.78 is 0. The van der Waals surface area contributed by atoms with Gasteiger partial charge in [-0.05, 0) is 28.3 Å². The maximum Gasteiger partial charge on any atom is 0.244 e. The quantitative estimate of drug-likeness (QED) is 0.365. The third kappa shape index (κ3) is 3.18. The molecule has 146 valence electrons. The van der Waals surface area contributed by atoms with E-state index in [9.17, 15) is 4.79 Å². The molecular weight excluding hydrogens is 368 g/mol. The second-order valence-electron chi connectivity index (χ2n) is 7.76. The number of amides is 1. The second kappa shape index (κ2) is 7.60. The van der Waals surface area contributed by atoms with Crippen molar-refractivity contribution in [1.82, 2.24) is 5.43 Å². The molecule has 4 aromatic carbocycles. The van der Waals surface area contributed by atoms with Crippen LogP contribution in [0.1, 0.15) is 23.1 Å². The van der Waals surface area contributed by atoms with Crippen LogP contribution >= 0.6 is 0 Å². The molecule has 3 nitrogen and oxygen atoms in total. The van der Waals surface area contributed by atoms with Crippen LogP contribution in [-0.2, 0) is 10.2 Å². The highest BCUT2D eigenvalue weighted by Gasteiger charge is 2.60. The SMILES string of the molecule is O=C(N/N=C/c1cccc2ccccc12)C1CC1(c1ccccc1)c1ccccc1. The lowest BCUT2D eigenvalue weighted by molar-refractivity contribution is -0.122. The first-order valence-electron chi connectivity index (χ1n) is 10.2. The van der Waals surface area contributed by atoms with Crippen molar-refractivity contribution in [3.05, 3.63) is 120 Å². The van der Waals surface area contributed by atoms with Gasteiger partial charge in [0.15, 0.2) is 0 Å². The molecule has 1 atom stereocenters. The summed E-state index contributed by atoms with van der Waals surface area (Å²) >= 11 is 0. The molecule has 0 heterocycles. The number of fused-ring (bicyclic) bond motifs is 1. The molecule has 0 radical (unpaired) electrons. The Hall–Kier alpha value is -3.72. The second-order valence-corrected chi connectivity index (χ2v) is 7.76. The topological polar surface area (TPSA) is 41.5 Å². The number of hydrogen-bond donors (Lipinski definition) is 1. The van der Waals surface area contributed by atoms with Gasteiger partial charge in [-0.1, -0.05) is 103 Å². The summed E-state index contributed by atoms with van der Waals surface area (Å²) in [5.41, 5.74) is 5.84. The Labute approximate surface area is 176 Å². The molecule has 1 fully saturated rings. The van der Waals surface area contributed by atoms with E-state index in [2.05, 4.69) is 53.0 Å². The molecule has 1 aliphatic carbocycles. The average Bonchev–Trinajstić information content (AvgIpc) is 3.58. The fourth-order valence-electron chi connectivity index (χ4n) is 4.46. The van der Waals surface area contributed by atoms with E-state index in [-0.39, 0.29) is 17.2 Å². The number of carbonyl (C=O) groups excluding carboxylic acids is 1. The summed E-state index contributed by atoms with van der Waals surface area (Å²) in [6.45, 7) is 0. The van der Waals surface area contributed by atoms with E-state index in [0.717, 1.165) is 22.8 Å². The highest BCUT2D eigenvalue weighted by molar-refractivity contribution is 6.00. The summed E-state index contributed by atoms with van der Waals surface area (Å²) in [4.78, 5) is 13.0. The van der Waals surface area contributed by atoms with Gasteiger partial charge in [0, 0.05) is 11.0 Å². The Balaban J connectivity index is 1.38. The standard InChI is InChI=1S/C27H22N2O/c30-26(29-28-19-21-12-9-11-20-10-7-8-17-24(20)21)25-18-27(25,22-13-3-1-4-14-22)23-15-5-2-6-16-23/h1-17,19,25H,18H2,(H,29,30)/b28-19+. The van der Waals surface area contributed by atoms with Gasteiger partial charge in [-0.25, -0.2) is 5.43 Å². The maximum atomic E-state index is 13.0. The Morgan fingerprint density at radius 2 is 1.40 bits per heavy atom. The number of nitrogens with one attached hydrogen (secondary N) is 1. The van der Waals surface area contributed by atoms with Crippen LogP contribution in [-0.4, -0.2) is 12.1 Å². The van der Waals surface area contributed by atoms with Gasteiger partial charge in [0.1, 0.15) is 0 Å². The normalized spacial score (nSPS) is 17.1. The Morgan fingerprint density at radius 1 is 0.800 bits per heavy atom. The van der Waals surface area contributed by atoms with Crippen LogP contribution < -0.4 is 5.43 Å². The molecule has 1 N–H and O–H groups in total. The predicted octanol–water partition coefficient (Wildman–Crippen LogP) is 5.30. The van der Waals surface area contributed by atoms with Crippen LogP contribution in [0.3, 0.4) is 0 Å². The molecule has 0 aliphatic heterocycles. The molecule has 0 spiro atoms. The highest BCUT2D eigenvalue weighted by Crippen LogP contribution is 2.58. The monoisotopic (exact) mass is 390 g/mol. The molecule has 0 aromatic heterocycles. The molecular formula is C27H22N2O. The smallest absolute Gasteiger partial charge is 0.244 e. The van der Waals surface area contributed by atoms with E-state index >= 15 is 0 Å². The van der Waals surface area contributed by atoms with Gasteiger partial charge in [-0.3, -0.25) is 4.79 Å². The first kappa shape index (κ1) is 18.3. The molecule has 4 aromatic rings. The number of benzene rings is 4. The lowest BCUT2D eigenvalue weighted by Crippen LogP contribution is -2.25. The number of hydrogen-bond acceptors (Lipinski definition) is 2. The largest absolute Gasteiger partial charge is 0.273 e. The zero-order chi connectivity index (χ0) is 20.4. The summed E-state index contributed by atoms with van der Waals surface area (Å²) in [7, 11) is 0. The van der Waals surface area contributed by atoms with Crippen molar-refractivity contribution in [2.24, 2.45) is 11.0 Å². The van der Waals surface area contributed by atoms with Gasteiger partial charge < -0.3 is 0 Å². The van der Waals surface area contributed by atoms with E-state index in [0.29, 0.717) is 0 Å². The third-order valence-corrected chi connectivity index (χ3v) is 6.06. The van der Waals surface area contributed by atoms with Crippen molar-refractivity contribution in [2.75, 3.05) is 0 Å². The van der Waals surface area contributed by atoms with E-state index in [1.165, 1.54) is 11.1 Å². The first-order chi connectivity index (χ1) is 14.8. The number of rotatable bonds is 5. The third-order valence-electron chi connectivity index (χ3n) is 6.06. The van der Waals surface area contributed by atoms with Crippen molar-refractivity contribution in [1.29, 1.82) is 0 Å². The number of hydrazone groups is 1. The lowest BCUT2D eigenvalue weighted by atomic mass is 9.85. The summed E-state index contributed by atoms with van der Waals surface area (Å²) in [6.07, 6.45) is 2.52. The molecule has 1 amide bonds. The van der Waals surface area contributed by atoms with Crippen LogP contribution in [0, 0.1) is 5.92 Å². The predicted molar refractivity (Wildman–Crippen MR) is 121 cm³/mol. The van der Waals surface area contributed by atoms with Crippen LogP contribution in [0.2, 0.25) is 0 Å². The van der Waals surface area contributed by atoms with Gasteiger partial charge in [-0.15, -0.1) is 0 Å². The van der Waals surface area contributed by atoms with Crippen molar-refractivity contribution >= 4 is 22.9 Å². The fraction of sp³-hybridized carbons (Fsp3) is 0.111. The van der Waals surface area contributed by atoms with Crippen LogP contribution in [0.25, 0.3) is 10.8 Å². The van der Waals surface area contributed by atoms with E-state index in [4.69, 9.17) is 0 Å². The molecule has 0 saturated heterocycles. The zero-order valence-electron chi connectivity index (χ0n) is 16.5. The van der Waals surface area contributed by atoms with E-state index < -0.39 is 0 Å². The molecule has 5 rings (SSSR count). The van der Waals surface area contributed by atoms with Gasteiger partial charge in [0.25, 0.3) is 0 Å². The van der Waals surface area contributed by atoms with Crippen LogP contribution in [0.5, 0.6) is 0 Å². The van der Waals surface area contributed by atoms with Crippen LogP contribution in [0.15, 0.2) is 108 Å². The molecule has 1 unspecified atom stereocenters. The maximum absolute atomic E-state index is 13.0. The fourth-order valence-corrected chi connectivity index (χ4v) is 4.46. The van der Waals surface area contributed by atoms with Crippen molar-refractivity contribution in [3.8, 4) is 0 Å². The van der Waals surface area contributed by atoms with E-state index in [1.807, 2.05) is 60.7 Å². The molecule has 3 heteroatoms. The Bertz CT molecular complexity index is 1170. The Morgan fingerprint density at radius 3 is 2.10 bits per heavy atom. The molecule has 1 saturated carbocycles. The van der Waals surface area contributed by atoms with Crippen molar-refractivity contribution in [3.63, 3.8) is 0 Å². The zero-order valence-corrected chi connectivity index (χ0v) is 16.5. The van der Waals surface area contributed by atoms with Gasteiger partial charge in [0.2, 0.25) is 5.91 Å². The average molecular weight is 390 g/mol. The van der Waals surface area contributed by atoms with Gasteiger partial charge in [0.05, 0.1) is 12.1 Å². The minimum atomic E-state index is -0.276. The number of nitrogens with zero attached hydrogens (tertiary/aromatic N) is 1. The lowest BCUT2D eigenvalue weighted by Gasteiger charge is -2.18. The van der Waals surface area contributed by atoms with Gasteiger partial charge >= 0.3 is 0 Å². The number of carbonyl (C=O) groups is 1. The minimum absolute atomic E-state index is 0.0424. The molecule has 1 aliphatic rings. The van der Waals surface area contributed by atoms with Crippen molar-refractivity contribution in [2.45, 2.75) is 11.8 Å². The summed E-state index contributed by atoms with van der Waals surface area (Å²) in [5.74, 6) is -0.175. The van der Waals surface area contributed by atoms with Gasteiger partial charge in [-0.2, -0.15) is 5.10 Å². The molecule has 0 bridgehead atoms. The summed E-state index contributed by atoms with van der Waals surface area (Å²) in [6, 6.07) is 34.8. The minimum Gasteiger partial charge on any atom is -0.273 e. The molecule has 30 heavy (non-hydrogen) atoms. The highest BCUT2D eigenvalue weighted by atomic mass is 16.2. The first-order valence-corrected chi connectivity index (χ1v) is 10.2. The summed E-state index contributed by atoms with van der Waals surface area (Å²) in [5, 5.41) is 6.55. The van der Waals surface area contributed by atoms with Crippen molar-refractivity contribution < 1.29 is 4.79 Å². The van der Waals surface area contributed by atoms with E-state index in [1.54, 1.807) is 6.21 Å². The van der Waals surface area contributed by atoms with Crippen LogP contribution in [0.4, 0.5) is 0 Å².